The maximum absolute atomic E-state index is 14.8. The molecular formula is C26H31F2N5O2. The number of halogens is 2. The first-order valence-corrected chi connectivity index (χ1v) is 11.8. The molecule has 1 fully saturated rings. The molecule has 0 spiro atoms. The lowest BCUT2D eigenvalue weighted by atomic mass is 9.94. The van der Waals surface area contributed by atoms with Crippen molar-refractivity contribution in [3.05, 3.63) is 82.9 Å². The number of hydrogen-bond donors (Lipinski definition) is 3. The Morgan fingerprint density at radius 3 is 2.51 bits per heavy atom. The van der Waals surface area contributed by atoms with E-state index in [2.05, 4.69) is 16.3 Å². The Bertz CT molecular complexity index is 1110. The fourth-order valence-corrected chi connectivity index (χ4v) is 4.55. The van der Waals surface area contributed by atoms with Gasteiger partial charge in [-0.05, 0) is 28.7 Å². The Labute approximate surface area is 204 Å². The highest BCUT2D eigenvalue weighted by atomic mass is 19.1. The summed E-state index contributed by atoms with van der Waals surface area (Å²) in [6.45, 7) is 3.70. The van der Waals surface area contributed by atoms with Crippen molar-refractivity contribution in [2.45, 2.75) is 50.9 Å². The minimum atomic E-state index is -1.29. The van der Waals surface area contributed by atoms with Gasteiger partial charge in [-0.1, -0.05) is 56.3 Å². The van der Waals surface area contributed by atoms with Crippen LogP contribution in [-0.2, 0) is 9.59 Å². The number of nitrogens with zero attached hydrogens (tertiary/aromatic N) is 2. The van der Waals surface area contributed by atoms with Crippen LogP contribution in [0.5, 0.6) is 0 Å². The van der Waals surface area contributed by atoms with E-state index >= 15 is 0 Å². The number of amides is 2. The van der Waals surface area contributed by atoms with Gasteiger partial charge in [-0.25, -0.2) is 8.78 Å². The lowest BCUT2D eigenvalue weighted by Crippen LogP contribution is -2.47. The van der Waals surface area contributed by atoms with E-state index in [1.807, 2.05) is 44.2 Å². The Hall–Kier alpha value is -3.46. The van der Waals surface area contributed by atoms with Gasteiger partial charge in [0, 0.05) is 19.7 Å². The third-order valence-corrected chi connectivity index (χ3v) is 6.51. The third kappa shape index (κ3) is 5.45. The highest BCUT2D eigenvalue weighted by molar-refractivity contribution is 5.89. The number of rotatable bonds is 7. The number of hydrogen-bond acceptors (Lipinski definition) is 5. The molecule has 4 rings (SSSR count). The second-order valence-electron chi connectivity index (χ2n) is 9.31. The summed E-state index contributed by atoms with van der Waals surface area (Å²) < 4.78 is 29.2. The zero-order valence-electron chi connectivity index (χ0n) is 20.1. The van der Waals surface area contributed by atoms with Crippen molar-refractivity contribution in [2.24, 2.45) is 0 Å². The number of carbonyl (C=O) groups excluding carboxylic acids is 2. The molecule has 1 saturated heterocycles. The topological polar surface area (TPSA) is 76.7 Å². The van der Waals surface area contributed by atoms with Crippen LogP contribution < -0.4 is 16.3 Å². The first-order chi connectivity index (χ1) is 16.7. The average Bonchev–Trinajstić information content (AvgIpc) is 3.42. The minimum absolute atomic E-state index is 0.0211. The first-order valence-electron chi connectivity index (χ1n) is 11.8. The summed E-state index contributed by atoms with van der Waals surface area (Å²) in [5.74, 6) is -1.12. The number of likely N-dealkylation sites (tertiary alicyclic amines) is 1. The number of nitrogens with one attached hydrogen (secondary N) is 3. The van der Waals surface area contributed by atoms with E-state index in [-0.39, 0.29) is 37.0 Å². The molecule has 9 heteroatoms. The number of carbonyl (C=O) groups is 2. The van der Waals surface area contributed by atoms with Gasteiger partial charge in [-0.3, -0.25) is 14.6 Å². The normalized spacial score (nSPS) is 20.6. The van der Waals surface area contributed by atoms with Crippen LogP contribution in [0.4, 0.5) is 8.78 Å². The Morgan fingerprint density at radius 1 is 1.14 bits per heavy atom. The average molecular weight is 484 g/mol. The number of alkyl halides is 1. The second kappa shape index (κ2) is 10.4. The summed E-state index contributed by atoms with van der Waals surface area (Å²) in [5.41, 5.74) is 8.23. The van der Waals surface area contributed by atoms with Crippen molar-refractivity contribution < 1.29 is 18.4 Å². The molecule has 186 valence electrons. The van der Waals surface area contributed by atoms with Crippen LogP contribution in [0.25, 0.3) is 0 Å². The summed E-state index contributed by atoms with van der Waals surface area (Å²) in [7, 11) is 1.75. The van der Waals surface area contributed by atoms with Gasteiger partial charge in [0.15, 0.2) is 0 Å². The first kappa shape index (κ1) is 24.7. The van der Waals surface area contributed by atoms with Crippen molar-refractivity contribution >= 4 is 11.8 Å². The molecule has 0 bridgehead atoms. The van der Waals surface area contributed by atoms with Crippen molar-refractivity contribution in [1.82, 2.24) is 26.2 Å². The molecular weight excluding hydrogens is 452 g/mol. The number of benzene rings is 2. The van der Waals surface area contributed by atoms with Crippen LogP contribution in [-0.4, -0.2) is 47.5 Å². The summed E-state index contributed by atoms with van der Waals surface area (Å²) in [6, 6.07) is 12.6. The Balaban J connectivity index is 1.57. The summed E-state index contributed by atoms with van der Waals surface area (Å²) in [4.78, 5) is 27.7. The van der Waals surface area contributed by atoms with Gasteiger partial charge in [0.05, 0.1) is 24.7 Å². The van der Waals surface area contributed by atoms with E-state index in [4.69, 9.17) is 0 Å². The van der Waals surface area contributed by atoms with Gasteiger partial charge in [0.1, 0.15) is 18.0 Å². The largest absolute Gasteiger partial charge is 0.343 e. The van der Waals surface area contributed by atoms with Crippen molar-refractivity contribution in [3.8, 4) is 0 Å². The van der Waals surface area contributed by atoms with E-state index in [1.165, 1.54) is 11.0 Å². The predicted molar refractivity (Wildman–Crippen MR) is 129 cm³/mol. The standard InChI is InChI=1S/C26H31F2N5O2/c1-16(2)21-10-9-18(11-22(21)28)25(17-7-5-4-6-8-17)30-26(35)23-12-19(27)15-33(23)24(34)13-20-14-29-31-32(20)3/h4-11,14,16,19,23,25,29,31H,12-13,15H2,1-3H3,(H,30,35)/t19-,23+,25+/m1/s1. The SMILES string of the molecule is CC(C)c1ccc([C@@H](NC(=O)[C@@H]2C[C@@H](F)CN2C(=O)CC2=CNNN2C)c2ccccc2)cc1F. The minimum Gasteiger partial charge on any atom is -0.343 e. The van der Waals surface area contributed by atoms with Crippen LogP contribution in [0, 0.1) is 5.82 Å². The van der Waals surface area contributed by atoms with Crippen LogP contribution in [0.1, 0.15) is 55.3 Å². The molecule has 2 heterocycles. The van der Waals surface area contributed by atoms with Gasteiger partial charge in [0.25, 0.3) is 0 Å². The quantitative estimate of drug-likeness (QED) is 0.564. The molecule has 2 aliphatic heterocycles. The summed E-state index contributed by atoms with van der Waals surface area (Å²) in [6.07, 6.45) is 0.304. The van der Waals surface area contributed by atoms with Crippen molar-refractivity contribution in [3.63, 3.8) is 0 Å². The molecule has 0 unspecified atom stereocenters. The molecule has 35 heavy (non-hydrogen) atoms. The predicted octanol–water partition coefficient (Wildman–Crippen LogP) is 3.28. The van der Waals surface area contributed by atoms with Crippen LogP contribution in [0.15, 0.2) is 60.4 Å². The van der Waals surface area contributed by atoms with Gasteiger partial charge < -0.3 is 15.6 Å². The van der Waals surface area contributed by atoms with Gasteiger partial charge in [0.2, 0.25) is 11.8 Å². The van der Waals surface area contributed by atoms with E-state index in [1.54, 1.807) is 30.4 Å². The fraction of sp³-hybridized carbons (Fsp3) is 0.385. The summed E-state index contributed by atoms with van der Waals surface area (Å²) >= 11 is 0. The highest BCUT2D eigenvalue weighted by Crippen LogP contribution is 2.29. The maximum atomic E-state index is 14.8. The summed E-state index contributed by atoms with van der Waals surface area (Å²) in [5, 5.41) is 4.61. The van der Waals surface area contributed by atoms with Gasteiger partial charge in [-0.2, -0.15) is 0 Å². The molecule has 0 aromatic heterocycles. The van der Waals surface area contributed by atoms with Crippen LogP contribution in [0.2, 0.25) is 0 Å². The molecule has 3 N–H and O–H groups in total. The molecule has 2 aromatic carbocycles. The van der Waals surface area contributed by atoms with E-state index in [0.717, 1.165) is 5.56 Å². The van der Waals surface area contributed by atoms with E-state index < -0.39 is 24.2 Å². The zero-order chi connectivity index (χ0) is 25.1. The molecule has 2 aliphatic rings. The van der Waals surface area contributed by atoms with Gasteiger partial charge in [-0.15, -0.1) is 5.53 Å². The second-order valence-corrected chi connectivity index (χ2v) is 9.31. The third-order valence-electron chi connectivity index (χ3n) is 6.51. The van der Waals surface area contributed by atoms with Crippen molar-refractivity contribution in [1.29, 1.82) is 0 Å². The van der Waals surface area contributed by atoms with Gasteiger partial charge >= 0.3 is 0 Å². The molecule has 2 amide bonds. The lowest BCUT2D eigenvalue weighted by molar-refractivity contribution is -0.138. The Kier molecular flexibility index (Phi) is 7.35. The highest BCUT2D eigenvalue weighted by Gasteiger charge is 2.41. The maximum Gasteiger partial charge on any atom is 0.243 e. The molecule has 2 aromatic rings. The number of hydrazine groups is 2. The Morgan fingerprint density at radius 2 is 1.89 bits per heavy atom. The molecule has 3 atom stereocenters. The molecule has 0 saturated carbocycles. The van der Waals surface area contributed by atoms with E-state index in [9.17, 15) is 18.4 Å². The van der Waals surface area contributed by atoms with Crippen LogP contribution >= 0.6 is 0 Å². The van der Waals surface area contributed by atoms with Crippen molar-refractivity contribution in [2.75, 3.05) is 13.6 Å². The molecule has 0 radical (unpaired) electrons. The monoisotopic (exact) mass is 483 g/mol. The van der Waals surface area contributed by atoms with Crippen LogP contribution in [0.3, 0.4) is 0 Å². The lowest BCUT2D eigenvalue weighted by Gasteiger charge is -2.28. The molecule has 0 aliphatic carbocycles. The van der Waals surface area contributed by atoms with E-state index in [0.29, 0.717) is 16.8 Å². The zero-order valence-corrected chi connectivity index (χ0v) is 20.1. The molecule has 7 nitrogen and oxygen atoms in total. The fourth-order valence-electron chi connectivity index (χ4n) is 4.55. The smallest absolute Gasteiger partial charge is 0.243 e.